The molecule has 0 saturated carbocycles. The van der Waals surface area contributed by atoms with E-state index in [1.54, 1.807) is 4.31 Å². The Labute approximate surface area is 193 Å². The Hall–Kier alpha value is -2.23. The lowest BCUT2D eigenvalue weighted by Crippen LogP contribution is -2.43. The molecule has 2 aromatic rings. The standard InChI is InChI=1S/C23H29N3O4S2/c1-2-16-7-5-6-14-26(16)32(29,30)17-12-10-15(11-13-17)22(28)25-23-20(21(24)27)18-8-3-4-9-19(18)31-23/h10-13,16H,2-9,14H2,1H3,(H2,24,27)(H,25,28)/t16-/m1/s1. The molecule has 2 heterocycles. The van der Waals surface area contributed by atoms with Gasteiger partial charge in [-0.3, -0.25) is 9.59 Å². The van der Waals surface area contributed by atoms with Crippen molar-refractivity contribution in [2.45, 2.75) is 69.2 Å². The number of carbonyl (C=O) groups excluding carboxylic acids is 2. The number of fused-ring (bicyclic) bond motifs is 1. The van der Waals surface area contributed by atoms with Crippen LogP contribution in [-0.4, -0.2) is 37.1 Å². The number of rotatable bonds is 6. The zero-order chi connectivity index (χ0) is 22.9. The van der Waals surface area contributed by atoms with E-state index in [9.17, 15) is 18.0 Å². The first kappa shape index (κ1) is 22.9. The maximum Gasteiger partial charge on any atom is 0.256 e. The quantitative estimate of drug-likeness (QED) is 0.659. The molecule has 7 nitrogen and oxygen atoms in total. The van der Waals surface area contributed by atoms with Crippen molar-refractivity contribution in [3.05, 3.63) is 45.8 Å². The summed E-state index contributed by atoms with van der Waals surface area (Å²) < 4.78 is 27.9. The van der Waals surface area contributed by atoms with Gasteiger partial charge in [-0.2, -0.15) is 4.31 Å². The fourth-order valence-corrected chi connectivity index (χ4v) is 7.76. The Bertz CT molecular complexity index is 1120. The van der Waals surface area contributed by atoms with E-state index in [4.69, 9.17) is 5.73 Å². The summed E-state index contributed by atoms with van der Waals surface area (Å²) in [5.74, 6) is -0.924. The van der Waals surface area contributed by atoms with Gasteiger partial charge in [0.15, 0.2) is 0 Å². The number of amides is 2. The van der Waals surface area contributed by atoms with E-state index >= 15 is 0 Å². The predicted molar refractivity (Wildman–Crippen MR) is 126 cm³/mol. The Balaban J connectivity index is 1.54. The molecule has 0 unspecified atom stereocenters. The van der Waals surface area contributed by atoms with Crippen LogP contribution in [0, 0.1) is 0 Å². The molecule has 4 rings (SSSR count). The zero-order valence-corrected chi connectivity index (χ0v) is 19.9. The lowest BCUT2D eigenvalue weighted by Gasteiger charge is -2.34. The van der Waals surface area contributed by atoms with Crippen molar-refractivity contribution < 1.29 is 18.0 Å². The number of thiophene rings is 1. The summed E-state index contributed by atoms with van der Waals surface area (Å²) in [7, 11) is -3.60. The van der Waals surface area contributed by atoms with Crippen molar-refractivity contribution in [3.8, 4) is 0 Å². The van der Waals surface area contributed by atoms with Crippen LogP contribution in [-0.2, 0) is 22.9 Å². The highest BCUT2D eigenvalue weighted by Crippen LogP contribution is 2.38. The van der Waals surface area contributed by atoms with E-state index < -0.39 is 15.9 Å². The Kier molecular flexibility index (Phi) is 6.69. The molecule has 1 atom stereocenters. The summed E-state index contributed by atoms with van der Waals surface area (Å²) in [6.45, 7) is 2.54. The number of hydrogen-bond donors (Lipinski definition) is 2. The third-order valence-corrected chi connectivity index (χ3v) is 9.59. The van der Waals surface area contributed by atoms with Gasteiger partial charge in [-0.05, 0) is 74.8 Å². The summed E-state index contributed by atoms with van der Waals surface area (Å²) in [6.07, 6.45) is 7.32. The highest BCUT2D eigenvalue weighted by Gasteiger charge is 2.32. The van der Waals surface area contributed by atoms with Gasteiger partial charge in [0.25, 0.3) is 11.8 Å². The summed E-state index contributed by atoms with van der Waals surface area (Å²) >= 11 is 1.41. The van der Waals surface area contributed by atoms with Crippen molar-refractivity contribution in [2.75, 3.05) is 11.9 Å². The Morgan fingerprint density at radius 3 is 2.53 bits per heavy atom. The van der Waals surface area contributed by atoms with Gasteiger partial charge >= 0.3 is 0 Å². The molecule has 1 aromatic heterocycles. The summed E-state index contributed by atoms with van der Waals surface area (Å²) in [4.78, 5) is 26.2. The minimum atomic E-state index is -3.60. The molecule has 2 amide bonds. The van der Waals surface area contributed by atoms with Gasteiger partial charge in [-0.15, -0.1) is 11.3 Å². The van der Waals surface area contributed by atoms with Crippen LogP contribution in [0.15, 0.2) is 29.2 Å². The van der Waals surface area contributed by atoms with Gasteiger partial charge in [0, 0.05) is 23.0 Å². The second kappa shape index (κ2) is 9.33. The van der Waals surface area contributed by atoms with E-state index in [0.717, 1.165) is 61.8 Å². The molecular weight excluding hydrogens is 446 g/mol. The van der Waals surface area contributed by atoms with Crippen molar-refractivity contribution in [1.29, 1.82) is 0 Å². The lowest BCUT2D eigenvalue weighted by molar-refractivity contribution is 0.100. The van der Waals surface area contributed by atoms with Crippen LogP contribution in [0.3, 0.4) is 0 Å². The SMILES string of the molecule is CC[C@@H]1CCCCN1S(=O)(=O)c1ccc(C(=O)Nc2sc3c(c2C(N)=O)CCCC3)cc1. The number of aryl methyl sites for hydroxylation is 1. The number of carbonyl (C=O) groups is 2. The summed E-state index contributed by atoms with van der Waals surface area (Å²) in [5, 5.41) is 3.30. The van der Waals surface area contributed by atoms with Gasteiger partial charge in [0.1, 0.15) is 5.00 Å². The lowest BCUT2D eigenvalue weighted by atomic mass is 9.95. The van der Waals surface area contributed by atoms with Crippen molar-refractivity contribution in [3.63, 3.8) is 0 Å². The molecule has 0 radical (unpaired) electrons. The number of benzene rings is 1. The number of sulfonamides is 1. The van der Waals surface area contributed by atoms with Gasteiger partial charge in [0.2, 0.25) is 10.0 Å². The maximum atomic E-state index is 13.1. The fourth-order valence-electron chi connectivity index (χ4n) is 4.70. The number of primary amides is 1. The average Bonchev–Trinajstić information content (AvgIpc) is 3.17. The molecule has 172 valence electrons. The maximum absolute atomic E-state index is 13.1. The first-order chi connectivity index (χ1) is 15.3. The van der Waals surface area contributed by atoms with Crippen molar-refractivity contribution in [2.24, 2.45) is 5.73 Å². The fraction of sp³-hybridized carbons (Fsp3) is 0.478. The van der Waals surface area contributed by atoms with Crippen LogP contribution in [0.2, 0.25) is 0 Å². The summed E-state index contributed by atoms with van der Waals surface area (Å²) in [5.41, 5.74) is 7.30. The molecule has 1 aliphatic heterocycles. The van der Waals surface area contributed by atoms with Crippen LogP contribution in [0.1, 0.15) is 76.6 Å². The number of nitrogens with zero attached hydrogens (tertiary/aromatic N) is 1. The summed E-state index contributed by atoms with van der Waals surface area (Å²) in [6, 6.07) is 6.03. The molecule has 2 aliphatic rings. The monoisotopic (exact) mass is 475 g/mol. The Morgan fingerprint density at radius 1 is 1.12 bits per heavy atom. The van der Waals surface area contributed by atoms with Gasteiger partial charge in [-0.25, -0.2) is 8.42 Å². The van der Waals surface area contributed by atoms with Gasteiger partial charge in [0.05, 0.1) is 10.5 Å². The van der Waals surface area contributed by atoms with E-state index in [-0.39, 0.29) is 16.8 Å². The van der Waals surface area contributed by atoms with Crippen LogP contribution in [0.25, 0.3) is 0 Å². The van der Waals surface area contributed by atoms with Crippen LogP contribution < -0.4 is 11.1 Å². The largest absolute Gasteiger partial charge is 0.365 e. The van der Waals surface area contributed by atoms with Crippen LogP contribution in [0.4, 0.5) is 5.00 Å². The zero-order valence-electron chi connectivity index (χ0n) is 18.2. The smallest absolute Gasteiger partial charge is 0.256 e. The number of hydrogen-bond acceptors (Lipinski definition) is 5. The van der Waals surface area contributed by atoms with Gasteiger partial charge < -0.3 is 11.1 Å². The molecule has 3 N–H and O–H groups in total. The third-order valence-electron chi connectivity index (χ3n) is 6.41. The molecule has 1 fully saturated rings. The third kappa shape index (κ3) is 4.33. The van der Waals surface area contributed by atoms with Gasteiger partial charge in [-0.1, -0.05) is 13.3 Å². The minimum Gasteiger partial charge on any atom is -0.365 e. The molecule has 1 aromatic carbocycles. The second-order valence-electron chi connectivity index (χ2n) is 8.43. The molecule has 0 spiro atoms. The van der Waals surface area contributed by atoms with Crippen LogP contribution in [0.5, 0.6) is 0 Å². The van der Waals surface area contributed by atoms with Crippen LogP contribution >= 0.6 is 11.3 Å². The molecule has 1 aliphatic carbocycles. The number of anilines is 1. The van der Waals surface area contributed by atoms with E-state index in [0.29, 0.717) is 22.7 Å². The number of nitrogens with two attached hydrogens (primary N) is 1. The molecular formula is C23H29N3O4S2. The Morgan fingerprint density at radius 2 is 1.84 bits per heavy atom. The molecule has 1 saturated heterocycles. The van der Waals surface area contributed by atoms with Crippen molar-refractivity contribution in [1.82, 2.24) is 4.31 Å². The minimum absolute atomic E-state index is 0.0220. The van der Waals surface area contributed by atoms with E-state index in [1.165, 1.54) is 35.6 Å². The number of nitrogens with one attached hydrogen (secondary N) is 1. The highest BCUT2D eigenvalue weighted by molar-refractivity contribution is 7.89. The topological polar surface area (TPSA) is 110 Å². The second-order valence-corrected chi connectivity index (χ2v) is 11.4. The van der Waals surface area contributed by atoms with E-state index in [1.807, 2.05) is 6.92 Å². The number of piperidine rings is 1. The first-order valence-electron chi connectivity index (χ1n) is 11.2. The first-order valence-corrected chi connectivity index (χ1v) is 13.5. The normalized spacial score (nSPS) is 19.3. The van der Waals surface area contributed by atoms with E-state index in [2.05, 4.69) is 5.32 Å². The highest BCUT2D eigenvalue weighted by atomic mass is 32.2. The molecule has 32 heavy (non-hydrogen) atoms. The molecule has 9 heteroatoms. The van der Waals surface area contributed by atoms with Crippen molar-refractivity contribution >= 4 is 38.2 Å². The average molecular weight is 476 g/mol. The predicted octanol–water partition coefficient (Wildman–Crippen LogP) is 3.93. The molecule has 0 bridgehead atoms.